The van der Waals surface area contributed by atoms with Gasteiger partial charge in [-0.25, -0.2) is 0 Å². The number of phenols is 1. The molecule has 1 aliphatic heterocycles. The van der Waals surface area contributed by atoms with Gasteiger partial charge < -0.3 is 24.9 Å². The minimum atomic E-state index is 0.0351. The van der Waals surface area contributed by atoms with Gasteiger partial charge in [-0.15, -0.1) is 0 Å². The van der Waals surface area contributed by atoms with Crippen LogP contribution in [0, 0.1) is 6.92 Å². The van der Waals surface area contributed by atoms with Crippen LogP contribution in [-0.4, -0.2) is 24.3 Å². The molecule has 0 saturated heterocycles. The van der Waals surface area contributed by atoms with E-state index in [0.717, 1.165) is 29.1 Å². The molecule has 1 aromatic heterocycles. The first kappa shape index (κ1) is 14.9. The Morgan fingerprint density at radius 1 is 1.08 bits per heavy atom. The zero-order valence-corrected chi connectivity index (χ0v) is 13.9. The van der Waals surface area contributed by atoms with Crippen LogP contribution in [0.15, 0.2) is 30.3 Å². The molecule has 24 heavy (non-hydrogen) atoms. The predicted octanol–water partition coefficient (Wildman–Crippen LogP) is 3.39. The van der Waals surface area contributed by atoms with Crippen LogP contribution in [0.25, 0.3) is 10.9 Å². The van der Waals surface area contributed by atoms with Crippen LogP contribution in [0.5, 0.6) is 17.2 Å². The zero-order valence-electron chi connectivity index (χ0n) is 13.9. The molecule has 2 aromatic carbocycles. The molecule has 0 bridgehead atoms. The van der Waals surface area contributed by atoms with Crippen molar-refractivity contribution in [1.82, 2.24) is 10.3 Å². The van der Waals surface area contributed by atoms with Crippen molar-refractivity contribution in [2.45, 2.75) is 19.5 Å². The van der Waals surface area contributed by atoms with E-state index >= 15 is 0 Å². The number of methoxy groups -OCH3 is 2. The number of H-pyrrole nitrogens is 1. The molecule has 1 aliphatic rings. The Labute approximate surface area is 140 Å². The third-order valence-corrected chi connectivity index (χ3v) is 4.79. The van der Waals surface area contributed by atoms with E-state index in [1.54, 1.807) is 20.3 Å². The van der Waals surface area contributed by atoms with E-state index in [2.05, 4.69) is 23.3 Å². The lowest BCUT2D eigenvalue weighted by Gasteiger charge is -2.27. The summed E-state index contributed by atoms with van der Waals surface area (Å²) in [5, 5.41) is 14.7. The summed E-state index contributed by atoms with van der Waals surface area (Å²) in [5.74, 6) is 1.53. The summed E-state index contributed by atoms with van der Waals surface area (Å²) in [6.07, 6.45) is 0. The number of aryl methyl sites for hydroxylation is 1. The molecule has 0 saturated carbocycles. The van der Waals surface area contributed by atoms with Gasteiger partial charge in [0.25, 0.3) is 0 Å². The molecule has 0 amide bonds. The number of benzene rings is 2. The van der Waals surface area contributed by atoms with Crippen molar-refractivity contribution >= 4 is 10.9 Å². The number of rotatable bonds is 3. The lowest BCUT2D eigenvalue weighted by atomic mass is 9.90. The van der Waals surface area contributed by atoms with Crippen LogP contribution in [0.1, 0.15) is 28.4 Å². The Morgan fingerprint density at radius 2 is 1.88 bits per heavy atom. The summed E-state index contributed by atoms with van der Waals surface area (Å²) in [6.45, 7) is 2.81. The molecule has 0 spiro atoms. The SMILES string of the molecule is COc1cc(C2NCc3c(OC)ccc4[nH]c(C)c2c34)ccc1O. The van der Waals surface area contributed by atoms with Gasteiger partial charge in [-0.3, -0.25) is 0 Å². The second-order valence-electron chi connectivity index (χ2n) is 6.08. The van der Waals surface area contributed by atoms with E-state index in [1.165, 1.54) is 16.5 Å². The average molecular weight is 324 g/mol. The molecule has 124 valence electrons. The lowest BCUT2D eigenvalue weighted by molar-refractivity contribution is 0.372. The predicted molar refractivity (Wildman–Crippen MR) is 92.9 cm³/mol. The second-order valence-corrected chi connectivity index (χ2v) is 6.08. The number of phenolic OH excluding ortho intramolecular Hbond substituents is 1. The maximum atomic E-state index is 9.86. The first-order valence-electron chi connectivity index (χ1n) is 7.92. The van der Waals surface area contributed by atoms with Crippen LogP contribution in [0.2, 0.25) is 0 Å². The molecular formula is C19H20N2O3. The Morgan fingerprint density at radius 3 is 2.62 bits per heavy atom. The van der Waals surface area contributed by atoms with Crippen molar-refractivity contribution < 1.29 is 14.6 Å². The number of aromatic amines is 1. The van der Waals surface area contributed by atoms with Crippen molar-refractivity contribution in [2.24, 2.45) is 0 Å². The van der Waals surface area contributed by atoms with Gasteiger partial charge in [-0.2, -0.15) is 0 Å². The van der Waals surface area contributed by atoms with Crippen LogP contribution in [0.4, 0.5) is 0 Å². The minimum Gasteiger partial charge on any atom is -0.504 e. The van der Waals surface area contributed by atoms with Gasteiger partial charge in [0.05, 0.1) is 20.3 Å². The number of nitrogens with one attached hydrogen (secondary N) is 2. The monoisotopic (exact) mass is 324 g/mol. The van der Waals surface area contributed by atoms with E-state index in [1.807, 2.05) is 18.2 Å². The van der Waals surface area contributed by atoms with E-state index in [4.69, 9.17) is 9.47 Å². The van der Waals surface area contributed by atoms with E-state index < -0.39 is 0 Å². The molecular weight excluding hydrogens is 304 g/mol. The van der Waals surface area contributed by atoms with Crippen molar-refractivity contribution in [1.29, 1.82) is 0 Å². The molecule has 5 heteroatoms. The fourth-order valence-electron chi connectivity index (χ4n) is 3.69. The van der Waals surface area contributed by atoms with Gasteiger partial charge in [0, 0.05) is 34.3 Å². The number of hydrogen-bond acceptors (Lipinski definition) is 4. The Balaban J connectivity index is 1.93. The van der Waals surface area contributed by atoms with Gasteiger partial charge >= 0.3 is 0 Å². The number of ether oxygens (including phenoxy) is 2. The molecule has 4 rings (SSSR count). The number of hydrogen-bond donors (Lipinski definition) is 3. The van der Waals surface area contributed by atoms with Crippen molar-refractivity contribution in [3.8, 4) is 17.2 Å². The first-order valence-corrected chi connectivity index (χ1v) is 7.92. The van der Waals surface area contributed by atoms with Crippen LogP contribution < -0.4 is 14.8 Å². The van der Waals surface area contributed by atoms with E-state index in [0.29, 0.717) is 5.75 Å². The maximum Gasteiger partial charge on any atom is 0.160 e. The largest absolute Gasteiger partial charge is 0.504 e. The summed E-state index contributed by atoms with van der Waals surface area (Å²) in [6, 6.07) is 9.59. The fraction of sp³-hybridized carbons (Fsp3) is 0.263. The van der Waals surface area contributed by atoms with Crippen LogP contribution in [-0.2, 0) is 6.54 Å². The van der Waals surface area contributed by atoms with Gasteiger partial charge in [0.2, 0.25) is 0 Å². The third-order valence-electron chi connectivity index (χ3n) is 4.79. The summed E-state index contributed by atoms with van der Waals surface area (Å²) in [5.41, 5.74) is 5.70. The van der Waals surface area contributed by atoms with Crippen molar-refractivity contribution in [2.75, 3.05) is 14.2 Å². The molecule has 1 atom stereocenters. The highest BCUT2D eigenvalue weighted by Gasteiger charge is 2.28. The van der Waals surface area contributed by atoms with E-state index in [9.17, 15) is 5.11 Å². The molecule has 0 aliphatic carbocycles. The maximum absolute atomic E-state index is 9.86. The average Bonchev–Trinajstić information content (AvgIpc) is 2.94. The Bertz CT molecular complexity index is 930. The molecule has 1 unspecified atom stereocenters. The molecule has 5 nitrogen and oxygen atoms in total. The van der Waals surface area contributed by atoms with E-state index in [-0.39, 0.29) is 11.8 Å². The van der Waals surface area contributed by atoms with Gasteiger partial charge in [-0.05, 0) is 36.8 Å². The van der Waals surface area contributed by atoms with Gasteiger partial charge in [-0.1, -0.05) is 6.07 Å². The Hall–Kier alpha value is -2.66. The fourth-order valence-corrected chi connectivity index (χ4v) is 3.69. The summed E-state index contributed by atoms with van der Waals surface area (Å²) in [7, 11) is 3.26. The lowest BCUT2D eigenvalue weighted by Crippen LogP contribution is -2.26. The smallest absolute Gasteiger partial charge is 0.160 e. The normalized spacial score (nSPS) is 16.4. The molecule has 0 radical (unpaired) electrons. The molecule has 3 N–H and O–H groups in total. The zero-order chi connectivity index (χ0) is 16.8. The minimum absolute atomic E-state index is 0.0351. The molecule has 2 heterocycles. The quantitative estimate of drug-likeness (QED) is 0.691. The number of aromatic hydroxyl groups is 1. The first-order chi connectivity index (χ1) is 11.6. The summed E-state index contributed by atoms with van der Waals surface area (Å²) < 4.78 is 10.8. The highest BCUT2D eigenvalue weighted by Crippen LogP contribution is 2.42. The third kappa shape index (κ3) is 2.05. The van der Waals surface area contributed by atoms with Gasteiger partial charge in [0.1, 0.15) is 5.75 Å². The van der Waals surface area contributed by atoms with Gasteiger partial charge in [0.15, 0.2) is 11.5 Å². The highest BCUT2D eigenvalue weighted by molar-refractivity contribution is 5.91. The highest BCUT2D eigenvalue weighted by atomic mass is 16.5. The topological polar surface area (TPSA) is 66.5 Å². The summed E-state index contributed by atoms with van der Waals surface area (Å²) >= 11 is 0. The van der Waals surface area contributed by atoms with Crippen LogP contribution >= 0.6 is 0 Å². The second kappa shape index (κ2) is 5.46. The van der Waals surface area contributed by atoms with Crippen molar-refractivity contribution in [3.63, 3.8) is 0 Å². The van der Waals surface area contributed by atoms with Crippen molar-refractivity contribution in [3.05, 3.63) is 52.7 Å². The standard InChI is InChI=1S/C19H20N2O3/c1-10-17-18-12(15(23-2)7-5-13(18)21-10)9-20-19(17)11-4-6-14(22)16(8-11)24-3/h4-8,19-22H,9H2,1-3H3. The molecule has 0 fully saturated rings. The molecule has 3 aromatic rings. The number of aromatic nitrogens is 1. The van der Waals surface area contributed by atoms with Crippen LogP contribution in [0.3, 0.4) is 0 Å². The summed E-state index contributed by atoms with van der Waals surface area (Å²) in [4.78, 5) is 3.47. The Kier molecular flexibility index (Phi) is 3.39.